The summed E-state index contributed by atoms with van der Waals surface area (Å²) in [5.41, 5.74) is 1.90. The van der Waals surface area contributed by atoms with Gasteiger partial charge in [0, 0.05) is 10.6 Å². The van der Waals surface area contributed by atoms with Crippen LogP contribution < -0.4 is 14.4 Å². The minimum atomic E-state index is -4.03. The standard InChI is InChI=1S/C24H26N2O4S2/c1-4-30-23-11-6-5-10-22(23)26(17-24(27)25-19-9-7-8-18(2)16-19)32(28,29)21-14-12-20(31-3)13-15-21/h5-16H,4,17H2,1-3H3,(H,25,27). The maximum absolute atomic E-state index is 13.6. The number of sulfonamides is 1. The summed E-state index contributed by atoms with van der Waals surface area (Å²) >= 11 is 1.52. The van der Waals surface area contributed by atoms with Gasteiger partial charge in [0.2, 0.25) is 5.91 Å². The van der Waals surface area contributed by atoms with Crippen molar-refractivity contribution in [3.63, 3.8) is 0 Å². The fourth-order valence-electron chi connectivity index (χ4n) is 3.17. The monoisotopic (exact) mass is 470 g/mol. The van der Waals surface area contributed by atoms with Gasteiger partial charge in [-0.3, -0.25) is 9.10 Å². The lowest BCUT2D eigenvalue weighted by Crippen LogP contribution is -2.38. The Morgan fingerprint density at radius 1 is 1.03 bits per heavy atom. The zero-order chi connectivity index (χ0) is 23.1. The first-order chi connectivity index (χ1) is 15.3. The summed E-state index contributed by atoms with van der Waals surface area (Å²) in [6.07, 6.45) is 1.92. The fourth-order valence-corrected chi connectivity index (χ4v) is 5.01. The van der Waals surface area contributed by atoms with Crippen LogP contribution in [0.15, 0.2) is 82.6 Å². The third-order valence-corrected chi connectivity index (χ3v) is 7.19. The van der Waals surface area contributed by atoms with Gasteiger partial charge in [-0.2, -0.15) is 0 Å². The van der Waals surface area contributed by atoms with Crippen LogP contribution in [0.2, 0.25) is 0 Å². The molecule has 0 aliphatic heterocycles. The van der Waals surface area contributed by atoms with Gasteiger partial charge in [0.15, 0.2) is 0 Å². The SMILES string of the molecule is CCOc1ccccc1N(CC(=O)Nc1cccc(C)c1)S(=O)(=O)c1ccc(SC)cc1. The normalized spacial score (nSPS) is 11.1. The zero-order valence-electron chi connectivity index (χ0n) is 18.2. The van der Waals surface area contributed by atoms with Crippen molar-refractivity contribution in [1.82, 2.24) is 0 Å². The lowest BCUT2D eigenvalue weighted by atomic mass is 10.2. The van der Waals surface area contributed by atoms with Crippen molar-refractivity contribution in [2.75, 3.05) is 29.0 Å². The largest absolute Gasteiger partial charge is 0.492 e. The number of para-hydroxylation sites is 2. The highest BCUT2D eigenvalue weighted by atomic mass is 32.2. The Morgan fingerprint density at radius 3 is 2.41 bits per heavy atom. The van der Waals surface area contributed by atoms with E-state index >= 15 is 0 Å². The summed E-state index contributed by atoms with van der Waals surface area (Å²) in [5, 5.41) is 2.79. The zero-order valence-corrected chi connectivity index (χ0v) is 19.9. The van der Waals surface area contributed by atoms with Crippen LogP contribution in [-0.4, -0.2) is 33.7 Å². The van der Waals surface area contributed by atoms with Gasteiger partial charge in [0.1, 0.15) is 12.3 Å². The molecule has 168 valence electrons. The van der Waals surface area contributed by atoms with E-state index in [1.54, 1.807) is 54.6 Å². The van der Waals surface area contributed by atoms with Crippen molar-refractivity contribution in [2.45, 2.75) is 23.6 Å². The second-order valence-corrected chi connectivity index (χ2v) is 9.75. The number of aryl methyl sites for hydroxylation is 1. The van der Waals surface area contributed by atoms with Gasteiger partial charge in [-0.25, -0.2) is 8.42 Å². The van der Waals surface area contributed by atoms with Gasteiger partial charge >= 0.3 is 0 Å². The third-order valence-electron chi connectivity index (χ3n) is 4.67. The minimum Gasteiger partial charge on any atom is -0.492 e. The molecule has 0 fully saturated rings. The molecule has 0 heterocycles. The first-order valence-electron chi connectivity index (χ1n) is 10.1. The quantitative estimate of drug-likeness (QED) is 0.448. The van der Waals surface area contributed by atoms with Crippen molar-refractivity contribution in [2.24, 2.45) is 0 Å². The molecule has 1 N–H and O–H groups in total. The smallest absolute Gasteiger partial charge is 0.264 e. The molecule has 0 aliphatic rings. The second kappa shape index (κ2) is 10.6. The number of nitrogens with zero attached hydrogens (tertiary/aromatic N) is 1. The maximum atomic E-state index is 13.6. The number of carbonyl (C=O) groups excluding carboxylic acids is 1. The molecular weight excluding hydrogens is 444 g/mol. The minimum absolute atomic E-state index is 0.102. The summed E-state index contributed by atoms with van der Waals surface area (Å²) < 4.78 is 34.0. The van der Waals surface area contributed by atoms with Crippen LogP contribution in [0, 0.1) is 6.92 Å². The first-order valence-corrected chi connectivity index (χ1v) is 12.8. The number of hydrogen-bond donors (Lipinski definition) is 1. The number of amides is 1. The lowest BCUT2D eigenvalue weighted by molar-refractivity contribution is -0.114. The molecule has 3 rings (SSSR count). The molecule has 0 atom stereocenters. The predicted molar refractivity (Wildman–Crippen MR) is 130 cm³/mol. The Kier molecular flexibility index (Phi) is 7.82. The summed E-state index contributed by atoms with van der Waals surface area (Å²) in [4.78, 5) is 13.9. The molecule has 8 heteroatoms. The lowest BCUT2D eigenvalue weighted by Gasteiger charge is -2.26. The van der Waals surface area contributed by atoms with Crippen molar-refractivity contribution in [3.8, 4) is 5.75 Å². The summed E-state index contributed by atoms with van der Waals surface area (Å²) in [6.45, 7) is 3.71. The number of ether oxygens (including phenoxy) is 1. The maximum Gasteiger partial charge on any atom is 0.264 e. The molecule has 0 unspecified atom stereocenters. The number of nitrogens with one attached hydrogen (secondary N) is 1. The Morgan fingerprint density at radius 2 is 1.75 bits per heavy atom. The van der Waals surface area contributed by atoms with Crippen LogP contribution in [0.4, 0.5) is 11.4 Å². The van der Waals surface area contributed by atoms with Crippen molar-refractivity contribution in [3.05, 3.63) is 78.4 Å². The number of benzene rings is 3. The average Bonchev–Trinajstić information content (AvgIpc) is 2.78. The summed E-state index contributed by atoms with van der Waals surface area (Å²) in [7, 11) is -4.03. The molecule has 0 saturated carbocycles. The number of thioether (sulfide) groups is 1. The molecule has 6 nitrogen and oxygen atoms in total. The van der Waals surface area contributed by atoms with E-state index in [0.29, 0.717) is 23.7 Å². The number of anilines is 2. The molecule has 0 spiro atoms. The van der Waals surface area contributed by atoms with Crippen molar-refractivity contribution < 1.29 is 17.9 Å². The molecule has 1 amide bonds. The van der Waals surface area contributed by atoms with Crippen LogP contribution in [-0.2, 0) is 14.8 Å². The molecular formula is C24H26N2O4S2. The summed E-state index contributed by atoms with van der Waals surface area (Å²) in [6, 6.07) is 20.7. The Hall–Kier alpha value is -2.97. The van der Waals surface area contributed by atoms with Gasteiger partial charge < -0.3 is 10.1 Å². The second-order valence-electron chi connectivity index (χ2n) is 7.01. The number of carbonyl (C=O) groups is 1. The van der Waals surface area contributed by atoms with Crippen molar-refractivity contribution >= 4 is 39.1 Å². The van der Waals surface area contributed by atoms with Crippen LogP contribution >= 0.6 is 11.8 Å². The molecule has 3 aromatic rings. The topological polar surface area (TPSA) is 75.7 Å². The van der Waals surface area contributed by atoms with E-state index in [9.17, 15) is 13.2 Å². The molecule has 32 heavy (non-hydrogen) atoms. The fraction of sp³-hybridized carbons (Fsp3) is 0.208. The van der Waals surface area contributed by atoms with E-state index in [2.05, 4.69) is 5.32 Å². The Labute approximate surface area is 193 Å². The highest BCUT2D eigenvalue weighted by Crippen LogP contribution is 2.33. The molecule has 0 saturated heterocycles. The van der Waals surface area contributed by atoms with Crippen LogP contribution in [0.5, 0.6) is 5.75 Å². The van der Waals surface area contributed by atoms with Gasteiger partial charge in [0.25, 0.3) is 10.0 Å². The van der Waals surface area contributed by atoms with Gasteiger partial charge in [0.05, 0.1) is 17.2 Å². The Bertz CT molecular complexity index is 1180. The van der Waals surface area contributed by atoms with Crippen molar-refractivity contribution in [1.29, 1.82) is 0 Å². The Balaban J connectivity index is 2.00. The van der Waals surface area contributed by atoms with E-state index in [1.165, 1.54) is 11.8 Å². The van der Waals surface area contributed by atoms with Gasteiger partial charge in [-0.1, -0.05) is 24.3 Å². The third kappa shape index (κ3) is 5.63. The van der Waals surface area contributed by atoms with Crippen LogP contribution in [0.1, 0.15) is 12.5 Å². The molecule has 0 radical (unpaired) electrons. The van der Waals surface area contributed by atoms with Gasteiger partial charge in [-0.15, -0.1) is 11.8 Å². The number of hydrogen-bond acceptors (Lipinski definition) is 5. The molecule has 0 aliphatic carbocycles. The van der Waals surface area contributed by atoms with Crippen LogP contribution in [0.25, 0.3) is 0 Å². The highest BCUT2D eigenvalue weighted by Gasteiger charge is 2.29. The van der Waals surface area contributed by atoms with Gasteiger partial charge in [-0.05, 0) is 74.2 Å². The van der Waals surface area contributed by atoms with E-state index in [4.69, 9.17) is 4.74 Å². The first kappa shape index (κ1) is 23.7. The van der Waals surface area contributed by atoms with E-state index in [1.807, 2.05) is 38.3 Å². The van der Waals surface area contributed by atoms with E-state index in [-0.39, 0.29) is 4.90 Å². The van der Waals surface area contributed by atoms with E-state index in [0.717, 1.165) is 14.8 Å². The highest BCUT2D eigenvalue weighted by molar-refractivity contribution is 7.98. The summed E-state index contributed by atoms with van der Waals surface area (Å²) in [5.74, 6) is -0.0612. The predicted octanol–water partition coefficient (Wildman–Crippen LogP) is 4.95. The van der Waals surface area contributed by atoms with E-state index < -0.39 is 22.5 Å². The molecule has 3 aromatic carbocycles. The average molecular weight is 471 g/mol. The molecule has 0 aromatic heterocycles. The number of rotatable bonds is 9. The van der Waals surface area contributed by atoms with Crippen LogP contribution in [0.3, 0.4) is 0 Å². The molecule has 0 bridgehead atoms.